The van der Waals surface area contributed by atoms with Gasteiger partial charge in [-0.15, -0.1) is 0 Å². The number of hydrogen-bond donors (Lipinski definition) is 1. The summed E-state index contributed by atoms with van der Waals surface area (Å²) in [6.07, 6.45) is 2.51. The van der Waals surface area contributed by atoms with Crippen molar-refractivity contribution in [3.05, 3.63) is 29.6 Å². The maximum Gasteiger partial charge on any atom is 0.224 e. The van der Waals surface area contributed by atoms with Gasteiger partial charge in [0.15, 0.2) is 0 Å². The van der Waals surface area contributed by atoms with Crippen molar-refractivity contribution in [1.82, 2.24) is 4.90 Å². The van der Waals surface area contributed by atoms with Crippen LogP contribution in [0, 0.1) is 17.1 Å². The van der Waals surface area contributed by atoms with Gasteiger partial charge in [0.2, 0.25) is 5.91 Å². The number of rotatable bonds is 4. The van der Waals surface area contributed by atoms with Crippen LogP contribution in [-0.2, 0) is 4.79 Å². The number of amides is 1. The SMILES string of the molecule is N#Cc1ccc(NCCC(=O)N2CCCC2)c(F)c1. The van der Waals surface area contributed by atoms with Crippen LogP contribution in [0.15, 0.2) is 18.2 Å². The molecule has 0 spiro atoms. The summed E-state index contributed by atoms with van der Waals surface area (Å²) in [5.41, 5.74) is 0.615. The molecule has 100 valence electrons. The Balaban J connectivity index is 1.82. The second-order valence-electron chi connectivity index (χ2n) is 4.57. The number of carbonyl (C=O) groups is 1. The molecule has 0 bridgehead atoms. The highest BCUT2D eigenvalue weighted by Gasteiger charge is 2.17. The lowest BCUT2D eigenvalue weighted by Crippen LogP contribution is -2.29. The molecule has 1 saturated heterocycles. The molecule has 4 nitrogen and oxygen atoms in total. The summed E-state index contributed by atoms with van der Waals surface area (Å²) >= 11 is 0. The molecular weight excluding hydrogens is 245 g/mol. The largest absolute Gasteiger partial charge is 0.382 e. The van der Waals surface area contributed by atoms with Crippen LogP contribution in [0.4, 0.5) is 10.1 Å². The molecule has 2 rings (SSSR count). The van der Waals surface area contributed by atoms with E-state index in [4.69, 9.17) is 5.26 Å². The topological polar surface area (TPSA) is 56.1 Å². The Labute approximate surface area is 111 Å². The van der Waals surface area contributed by atoms with Gasteiger partial charge in [0.1, 0.15) is 5.82 Å². The molecule has 1 fully saturated rings. The molecule has 0 saturated carbocycles. The molecule has 1 amide bonds. The Bertz CT molecular complexity index is 504. The van der Waals surface area contributed by atoms with Gasteiger partial charge in [-0.25, -0.2) is 4.39 Å². The lowest BCUT2D eigenvalue weighted by Gasteiger charge is -2.15. The number of likely N-dealkylation sites (tertiary alicyclic amines) is 1. The van der Waals surface area contributed by atoms with Gasteiger partial charge in [-0.1, -0.05) is 0 Å². The van der Waals surface area contributed by atoms with Crippen LogP contribution in [0.5, 0.6) is 0 Å². The number of benzene rings is 1. The van der Waals surface area contributed by atoms with Crippen LogP contribution in [0.2, 0.25) is 0 Å². The molecule has 1 aliphatic heterocycles. The first-order chi connectivity index (χ1) is 9.20. The second kappa shape index (κ2) is 6.19. The van der Waals surface area contributed by atoms with Crippen LogP contribution >= 0.6 is 0 Å². The summed E-state index contributed by atoms with van der Waals surface area (Å²) in [6.45, 7) is 2.08. The molecule has 1 aromatic carbocycles. The van der Waals surface area contributed by atoms with Crippen LogP contribution in [-0.4, -0.2) is 30.4 Å². The minimum Gasteiger partial charge on any atom is -0.382 e. The predicted molar refractivity (Wildman–Crippen MR) is 70.0 cm³/mol. The predicted octanol–water partition coefficient (Wildman–Crippen LogP) is 2.12. The fourth-order valence-corrected chi connectivity index (χ4v) is 2.16. The van der Waals surface area contributed by atoms with E-state index in [1.54, 1.807) is 6.07 Å². The van der Waals surface area contributed by atoms with Crippen LogP contribution in [0.3, 0.4) is 0 Å². The van der Waals surface area contributed by atoms with E-state index in [0.29, 0.717) is 18.7 Å². The van der Waals surface area contributed by atoms with Gasteiger partial charge >= 0.3 is 0 Å². The van der Waals surface area contributed by atoms with Crippen LogP contribution in [0.25, 0.3) is 0 Å². The van der Waals surface area contributed by atoms with E-state index < -0.39 is 5.82 Å². The average Bonchev–Trinajstić information content (AvgIpc) is 2.94. The smallest absolute Gasteiger partial charge is 0.224 e. The number of hydrogen-bond acceptors (Lipinski definition) is 3. The first kappa shape index (κ1) is 13.3. The molecule has 19 heavy (non-hydrogen) atoms. The van der Waals surface area contributed by atoms with Crippen LogP contribution in [0.1, 0.15) is 24.8 Å². The molecule has 1 aromatic rings. The highest BCUT2D eigenvalue weighted by Crippen LogP contribution is 2.15. The minimum absolute atomic E-state index is 0.110. The standard InChI is InChI=1S/C14H16FN3O/c15-12-9-11(10-16)3-4-13(12)17-6-5-14(19)18-7-1-2-8-18/h3-4,9,17H,1-2,5-8H2. The van der Waals surface area contributed by atoms with E-state index in [-0.39, 0.29) is 11.5 Å². The number of carbonyl (C=O) groups excluding carboxylic acids is 1. The van der Waals surface area contributed by atoms with E-state index in [0.717, 1.165) is 25.9 Å². The maximum absolute atomic E-state index is 13.6. The third kappa shape index (κ3) is 3.44. The third-order valence-corrected chi connectivity index (χ3v) is 3.21. The van der Waals surface area contributed by atoms with E-state index in [9.17, 15) is 9.18 Å². The number of halogens is 1. The van der Waals surface area contributed by atoms with Gasteiger partial charge in [-0.3, -0.25) is 4.79 Å². The number of anilines is 1. The van der Waals surface area contributed by atoms with E-state index in [2.05, 4.69) is 5.32 Å². The highest BCUT2D eigenvalue weighted by molar-refractivity contribution is 5.77. The lowest BCUT2D eigenvalue weighted by molar-refractivity contribution is -0.129. The molecule has 1 N–H and O–H groups in total. The first-order valence-corrected chi connectivity index (χ1v) is 6.42. The summed E-state index contributed by atoms with van der Waals surface area (Å²) in [5, 5.41) is 11.5. The van der Waals surface area contributed by atoms with Gasteiger partial charge in [0.25, 0.3) is 0 Å². The highest BCUT2D eigenvalue weighted by atomic mass is 19.1. The Kier molecular flexibility index (Phi) is 4.35. The molecule has 0 unspecified atom stereocenters. The van der Waals surface area contributed by atoms with Gasteiger partial charge in [0.05, 0.1) is 17.3 Å². The zero-order chi connectivity index (χ0) is 13.7. The third-order valence-electron chi connectivity index (χ3n) is 3.21. The summed E-state index contributed by atoms with van der Waals surface area (Å²) < 4.78 is 13.6. The van der Waals surface area contributed by atoms with Crippen molar-refractivity contribution >= 4 is 11.6 Å². The number of nitrogens with zero attached hydrogens (tertiary/aromatic N) is 2. The second-order valence-corrected chi connectivity index (χ2v) is 4.57. The summed E-state index contributed by atoms with van der Waals surface area (Å²) in [5.74, 6) is -0.355. The van der Waals surface area contributed by atoms with Crippen molar-refractivity contribution in [2.45, 2.75) is 19.3 Å². The van der Waals surface area contributed by atoms with Crippen molar-refractivity contribution in [3.8, 4) is 6.07 Å². The van der Waals surface area contributed by atoms with Crippen LogP contribution < -0.4 is 5.32 Å². The van der Waals surface area contributed by atoms with Crippen molar-refractivity contribution in [2.24, 2.45) is 0 Å². The number of nitrogens with one attached hydrogen (secondary N) is 1. The van der Waals surface area contributed by atoms with Crippen molar-refractivity contribution in [1.29, 1.82) is 5.26 Å². The zero-order valence-electron chi connectivity index (χ0n) is 10.7. The van der Waals surface area contributed by atoms with E-state index >= 15 is 0 Å². The van der Waals surface area contributed by atoms with E-state index in [1.807, 2.05) is 11.0 Å². The van der Waals surface area contributed by atoms with Crippen molar-refractivity contribution < 1.29 is 9.18 Å². The summed E-state index contributed by atoms with van der Waals surface area (Å²) in [4.78, 5) is 13.6. The summed E-state index contributed by atoms with van der Waals surface area (Å²) in [6, 6.07) is 6.13. The summed E-state index contributed by atoms with van der Waals surface area (Å²) in [7, 11) is 0. The molecule has 0 aliphatic carbocycles. The monoisotopic (exact) mass is 261 g/mol. The molecule has 1 heterocycles. The number of nitriles is 1. The minimum atomic E-state index is -0.465. The quantitative estimate of drug-likeness (QED) is 0.903. The maximum atomic E-state index is 13.6. The molecular formula is C14H16FN3O. The Morgan fingerprint density at radius 1 is 1.42 bits per heavy atom. The van der Waals surface area contributed by atoms with Gasteiger partial charge in [-0.2, -0.15) is 5.26 Å². The van der Waals surface area contributed by atoms with Crippen molar-refractivity contribution in [3.63, 3.8) is 0 Å². The zero-order valence-corrected chi connectivity index (χ0v) is 10.7. The molecule has 1 aliphatic rings. The average molecular weight is 261 g/mol. The molecule has 0 aromatic heterocycles. The van der Waals surface area contributed by atoms with Gasteiger partial charge in [0, 0.05) is 26.1 Å². The Hall–Kier alpha value is -2.09. The Morgan fingerprint density at radius 3 is 2.79 bits per heavy atom. The lowest BCUT2D eigenvalue weighted by atomic mass is 10.2. The molecule has 5 heteroatoms. The Morgan fingerprint density at radius 2 is 2.16 bits per heavy atom. The van der Waals surface area contributed by atoms with Gasteiger partial charge < -0.3 is 10.2 Å². The fraction of sp³-hybridized carbons (Fsp3) is 0.429. The van der Waals surface area contributed by atoms with Crippen molar-refractivity contribution in [2.75, 3.05) is 25.0 Å². The van der Waals surface area contributed by atoms with E-state index in [1.165, 1.54) is 12.1 Å². The first-order valence-electron chi connectivity index (χ1n) is 6.42. The normalized spacial score (nSPS) is 14.2. The van der Waals surface area contributed by atoms with Gasteiger partial charge in [-0.05, 0) is 31.0 Å². The molecule has 0 atom stereocenters. The molecule has 0 radical (unpaired) electrons. The fourth-order valence-electron chi connectivity index (χ4n) is 2.16.